The Kier molecular flexibility index (Phi) is 6.42. The van der Waals surface area contributed by atoms with E-state index in [0.29, 0.717) is 32.5 Å². The van der Waals surface area contributed by atoms with Gasteiger partial charge in [-0.1, -0.05) is 54.6 Å². The molecule has 3 rings (SSSR count). The van der Waals surface area contributed by atoms with Crippen LogP contribution in [0.15, 0.2) is 60.7 Å². The Morgan fingerprint density at radius 1 is 1.04 bits per heavy atom. The molecule has 1 aliphatic heterocycles. The summed E-state index contributed by atoms with van der Waals surface area (Å²) in [4.78, 5) is 26.4. The van der Waals surface area contributed by atoms with Crippen molar-refractivity contribution in [1.29, 1.82) is 0 Å². The summed E-state index contributed by atoms with van der Waals surface area (Å²) in [6.07, 6.45) is 4.73. The molecular weight excluding hydrogens is 338 g/mol. The van der Waals surface area contributed by atoms with Crippen LogP contribution in [0.4, 0.5) is 0 Å². The van der Waals surface area contributed by atoms with Gasteiger partial charge in [0.25, 0.3) is 0 Å². The molecule has 4 nitrogen and oxygen atoms in total. The van der Waals surface area contributed by atoms with E-state index in [-0.39, 0.29) is 17.8 Å². The van der Waals surface area contributed by atoms with E-state index < -0.39 is 0 Å². The van der Waals surface area contributed by atoms with Crippen LogP contribution in [0.3, 0.4) is 0 Å². The van der Waals surface area contributed by atoms with Crippen LogP contribution in [0.2, 0.25) is 0 Å². The summed E-state index contributed by atoms with van der Waals surface area (Å²) in [7, 11) is 0. The Morgan fingerprint density at radius 3 is 2.41 bits per heavy atom. The van der Waals surface area contributed by atoms with Crippen molar-refractivity contribution in [2.45, 2.75) is 26.4 Å². The maximum atomic E-state index is 12.3. The Labute approximate surface area is 160 Å². The number of nitrogens with zero attached hydrogens (tertiary/aromatic N) is 1. The number of hydrogen-bond acceptors (Lipinski definition) is 3. The molecule has 2 aromatic carbocycles. The zero-order chi connectivity index (χ0) is 19.1. The number of carbonyl (C=O) groups excluding carboxylic acids is 2. The molecule has 0 unspecified atom stereocenters. The lowest BCUT2D eigenvalue weighted by Crippen LogP contribution is -2.39. The van der Waals surface area contributed by atoms with E-state index >= 15 is 0 Å². The van der Waals surface area contributed by atoms with Gasteiger partial charge in [0.15, 0.2) is 0 Å². The van der Waals surface area contributed by atoms with Crippen LogP contribution >= 0.6 is 0 Å². The molecule has 0 saturated carbocycles. The number of rotatable bonds is 5. The molecular formula is C23H25NO3. The number of amides is 1. The normalized spacial score (nSPS) is 15.1. The molecule has 27 heavy (non-hydrogen) atoms. The summed E-state index contributed by atoms with van der Waals surface area (Å²) in [5.74, 6) is -0.299. The zero-order valence-corrected chi connectivity index (χ0v) is 15.6. The Balaban J connectivity index is 1.45. The summed E-state index contributed by atoms with van der Waals surface area (Å²) in [6, 6.07) is 17.7. The van der Waals surface area contributed by atoms with Gasteiger partial charge < -0.3 is 9.64 Å². The van der Waals surface area contributed by atoms with Crippen molar-refractivity contribution < 1.29 is 14.3 Å². The number of esters is 1. The van der Waals surface area contributed by atoms with Crippen LogP contribution in [0, 0.1) is 12.8 Å². The molecule has 1 amide bonds. The molecule has 1 heterocycles. The van der Waals surface area contributed by atoms with E-state index in [1.165, 1.54) is 0 Å². The molecule has 0 bridgehead atoms. The average molecular weight is 363 g/mol. The number of aryl methyl sites for hydroxylation is 1. The molecule has 0 aliphatic carbocycles. The summed E-state index contributed by atoms with van der Waals surface area (Å²) in [5, 5.41) is 0. The molecule has 140 valence electrons. The molecule has 1 fully saturated rings. The van der Waals surface area contributed by atoms with Crippen molar-refractivity contribution >= 4 is 18.0 Å². The number of hydrogen-bond donors (Lipinski definition) is 0. The van der Waals surface area contributed by atoms with Crippen molar-refractivity contribution in [2.24, 2.45) is 5.92 Å². The highest BCUT2D eigenvalue weighted by atomic mass is 16.5. The van der Waals surface area contributed by atoms with E-state index in [4.69, 9.17) is 4.74 Å². The quantitative estimate of drug-likeness (QED) is 0.596. The third kappa shape index (κ3) is 5.30. The third-order valence-corrected chi connectivity index (χ3v) is 4.99. The first-order chi connectivity index (χ1) is 13.1. The molecule has 0 spiro atoms. The first-order valence-electron chi connectivity index (χ1n) is 9.36. The van der Waals surface area contributed by atoms with Crippen LogP contribution in [0.1, 0.15) is 29.5 Å². The smallest absolute Gasteiger partial charge is 0.309 e. The van der Waals surface area contributed by atoms with Crippen LogP contribution in [-0.2, 0) is 20.9 Å². The Bertz CT molecular complexity index is 805. The maximum Gasteiger partial charge on any atom is 0.309 e. The predicted molar refractivity (Wildman–Crippen MR) is 106 cm³/mol. The van der Waals surface area contributed by atoms with Crippen LogP contribution < -0.4 is 0 Å². The van der Waals surface area contributed by atoms with Crippen LogP contribution in [0.25, 0.3) is 6.08 Å². The highest BCUT2D eigenvalue weighted by molar-refractivity contribution is 5.92. The van der Waals surface area contributed by atoms with Gasteiger partial charge in [-0.3, -0.25) is 9.59 Å². The minimum Gasteiger partial charge on any atom is -0.461 e. The first kappa shape index (κ1) is 18.9. The summed E-state index contributed by atoms with van der Waals surface area (Å²) < 4.78 is 5.49. The second-order valence-corrected chi connectivity index (χ2v) is 6.88. The standard InChI is InChI=1S/C23H25NO3/c1-18-7-5-6-10-21(18)17-27-23(26)20-13-15-24(16-14-20)22(25)12-11-19-8-3-2-4-9-19/h2-12,20H,13-17H2,1H3/b12-11+. The van der Waals surface area contributed by atoms with E-state index in [1.807, 2.05) is 67.6 Å². The highest BCUT2D eigenvalue weighted by Gasteiger charge is 2.27. The van der Waals surface area contributed by atoms with Gasteiger partial charge in [-0.25, -0.2) is 0 Å². The van der Waals surface area contributed by atoms with Gasteiger partial charge in [-0.2, -0.15) is 0 Å². The largest absolute Gasteiger partial charge is 0.461 e. The van der Waals surface area contributed by atoms with Crippen molar-refractivity contribution in [2.75, 3.05) is 13.1 Å². The highest BCUT2D eigenvalue weighted by Crippen LogP contribution is 2.20. The van der Waals surface area contributed by atoms with Crippen LogP contribution in [0.5, 0.6) is 0 Å². The average Bonchev–Trinajstić information content (AvgIpc) is 2.72. The van der Waals surface area contributed by atoms with Crippen molar-refractivity contribution in [3.63, 3.8) is 0 Å². The lowest BCUT2D eigenvalue weighted by molar-refractivity contribution is -0.152. The number of ether oxygens (including phenoxy) is 1. The maximum absolute atomic E-state index is 12.3. The predicted octanol–water partition coefficient (Wildman–Crippen LogP) is 3.99. The van der Waals surface area contributed by atoms with Crippen LogP contribution in [-0.4, -0.2) is 29.9 Å². The van der Waals surface area contributed by atoms with Crippen molar-refractivity contribution in [3.05, 3.63) is 77.4 Å². The Hall–Kier alpha value is -2.88. The summed E-state index contributed by atoms with van der Waals surface area (Å²) in [6.45, 7) is 3.49. The number of benzene rings is 2. The molecule has 0 radical (unpaired) electrons. The monoisotopic (exact) mass is 363 g/mol. The van der Waals surface area contributed by atoms with Gasteiger partial charge in [0, 0.05) is 19.2 Å². The minimum atomic E-state index is -0.162. The van der Waals surface area contributed by atoms with Gasteiger partial charge in [0.05, 0.1) is 5.92 Å². The van der Waals surface area contributed by atoms with Crippen molar-refractivity contribution in [3.8, 4) is 0 Å². The van der Waals surface area contributed by atoms with Gasteiger partial charge in [0.2, 0.25) is 5.91 Å². The van der Waals surface area contributed by atoms with Gasteiger partial charge in [-0.05, 0) is 42.5 Å². The van der Waals surface area contributed by atoms with E-state index in [1.54, 1.807) is 11.0 Å². The van der Waals surface area contributed by atoms with Crippen molar-refractivity contribution in [1.82, 2.24) is 4.90 Å². The molecule has 0 atom stereocenters. The number of carbonyl (C=O) groups is 2. The summed E-state index contributed by atoms with van der Waals surface area (Å²) in [5.41, 5.74) is 3.15. The Morgan fingerprint density at radius 2 is 1.70 bits per heavy atom. The fourth-order valence-electron chi connectivity index (χ4n) is 3.21. The third-order valence-electron chi connectivity index (χ3n) is 4.99. The van der Waals surface area contributed by atoms with Gasteiger partial charge >= 0.3 is 5.97 Å². The lowest BCUT2D eigenvalue weighted by atomic mass is 9.97. The number of piperidine rings is 1. The fraction of sp³-hybridized carbons (Fsp3) is 0.304. The van der Waals surface area contributed by atoms with Gasteiger partial charge in [-0.15, -0.1) is 0 Å². The molecule has 2 aromatic rings. The molecule has 0 N–H and O–H groups in total. The minimum absolute atomic E-state index is 0.00872. The topological polar surface area (TPSA) is 46.6 Å². The van der Waals surface area contributed by atoms with Gasteiger partial charge in [0.1, 0.15) is 6.61 Å². The fourth-order valence-corrected chi connectivity index (χ4v) is 3.21. The second kappa shape index (κ2) is 9.17. The lowest BCUT2D eigenvalue weighted by Gasteiger charge is -2.30. The van der Waals surface area contributed by atoms with E-state index in [2.05, 4.69) is 0 Å². The number of likely N-dealkylation sites (tertiary alicyclic amines) is 1. The van der Waals surface area contributed by atoms with E-state index in [9.17, 15) is 9.59 Å². The SMILES string of the molecule is Cc1ccccc1COC(=O)C1CCN(C(=O)/C=C/c2ccccc2)CC1. The zero-order valence-electron chi connectivity index (χ0n) is 15.6. The van der Waals surface area contributed by atoms with E-state index in [0.717, 1.165) is 16.7 Å². The summed E-state index contributed by atoms with van der Waals surface area (Å²) >= 11 is 0. The molecule has 1 aliphatic rings. The first-order valence-corrected chi connectivity index (χ1v) is 9.36. The molecule has 1 saturated heterocycles. The molecule has 0 aromatic heterocycles. The molecule has 4 heteroatoms. The second-order valence-electron chi connectivity index (χ2n) is 6.88.